The van der Waals surface area contributed by atoms with Crippen LogP contribution in [0.5, 0.6) is 5.75 Å². The third kappa shape index (κ3) is 4.60. The van der Waals surface area contributed by atoms with E-state index in [1.54, 1.807) is 30.5 Å². The summed E-state index contributed by atoms with van der Waals surface area (Å²) < 4.78 is 7.38. The van der Waals surface area contributed by atoms with Gasteiger partial charge < -0.3 is 19.7 Å². The lowest BCUT2D eigenvalue weighted by molar-refractivity contribution is 0.106. The molecule has 6 heteroatoms. The number of imidazole rings is 1. The Bertz CT molecular complexity index is 618. The number of nitrogens with zero attached hydrogens (tertiary/aromatic N) is 3. The third-order valence-electron chi connectivity index (χ3n) is 2.99. The largest absolute Gasteiger partial charge is 0.491 e. The minimum Gasteiger partial charge on any atom is -0.491 e. The second-order valence-electron chi connectivity index (χ2n) is 4.69. The Morgan fingerprint density at radius 3 is 3.10 bits per heavy atom. The van der Waals surface area contributed by atoms with E-state index in [0.29, 0.717) is 24.4 Å². The molecule has 0 amide bonds. The number of aryl methyl sites for hydroxylation is 1. The summed E-state index contributed by atoms with van der Waals surface area (Å²) in [6.45, 7) is 1.16. The van der Waals surface area contributed by atoms with Crippen LogP contribution in [0.2, 0.25) is 0 Å². The zero-order chi connectivity index (χ0) is 15.1. The van der Waals surface area contributed by atoms with Crippen molar-refractivity contribution in [1.29, 1.82) is 5.26 Å². The van der Waals surface area contributed by atoms with Crippen LogP contribution in [-0.4, -0.2) is 33.9 Å². The first-order chi connectivity index (χ1) is 10.2. The molecule has 1 aromatic carbocycles. The van der Waals surface area contributed by atoms with Crippen molar-refractivity contribution in [2.45, 2.75) is 12.6 Å². The second kappa shape index (κ2) is 7.43. The van der Waals surface area contributed by atoms with Gasteiger partial charge in [-0.3, -0.25) is 0 Å². The Kier molecular flexibility index (Phi) is 5.32. The normalized spacial score (nSPS) is 11.9. The van der Waals surface area contributed by atoms with Gasteiger partial charge >= 0.3 is 0 Å². The number of ether oxygens (including phenoxy) is 1. The highest BCUT2D eigenvalue weighted by Gasteiger charge is 2.06. The molecule has 0 aliphatic heterocycles. The van der Waals surface area contributed by atoms with Crippen LogP contribution in [-0.2, 0) is 13.6 Å². The van der Waals surface area contributed by atoms with Crippen LogP contribution in [0.4, 0.5) is 0 Å². The Labute approximate surface area is 123 Å². The van der Waals surface area contributed by atoms with Crippen LogP contribution in [0, 0.1) is 11.3 Å². The molecular weight excluding hydrogens is 268 g/mol. The number of nitrogens with one attached hydrogen (secondary N) is 1. The van der Waals surface area contributed by atoms with E-state index < -0.39 is 6.10 Å². The quantitative estimate of drug-likeness (QED) is 0.787. The lowest BCUT2D eigenvalue weighted by atomic mass is 10.2. The highest BCUT2D eigenvalue weighted by molar-refractivity contribution is 5.36. The summed E-state index contributed by atoms with van der Waals surface area (Å²) in [4.78, 5) is 4.18. The Morgan fingerprint density at radius 2 is 2.38 bits per heavy atom. The Balaban J connectivity index is 1.71. The van der Waals surface area contributed by atoms with Gasteiger partial charge in [0, 0.05) is 26.0 Å². The SMILES string of the molecule is Cn1ccnc1CNCC(O)COc1cccc(C#N)c1. The molecule has 1 aromatic heterocycles. The zero-order valence-electron chi connectivity index (χ0n) is 11.9. The summed E-state index contributed by atoms with van der Waals surface area (Å²) in [6.07, 6.45) is 2.98. The summed E-state index contributed by atoms with van der Waals surface area (Å²) in [5.41, 5.74) is 0.537. The molecule has 2 N–H and O–H groups in total. The van der Waals surface area contributed by atoms with Crippen molar-refractivity contribution < 1.29 is 9.84 Å². The maximum Gasteiger partial charge on any atom is 0.122 e. The molecule has 0 aliphatic carbocycles. The van der Waals surface area contributed by atoms with Crippen LogP contribution < -0.4 is 10.1 Å². The molecule has 0 fully saturated rings. The summed E-state index contributed by atoms with van der Waals surface area (Å²) in [6, 6.07) is 8.91. The van der Waals surface area contributed by atoms with Crippen molar-refractivity contribution in [3.05, 3.63) is 48.0 Å². The summed E-state index contributed by atoms with van der Waals surface area (Å²) in [5.74, 6) is 1.49. The van der Waals surface area contributed by atoms with Crippen LogP contribution in [0.3, 0.4) is 0 Å². The minimum absolute atomic E-state index is 0.169. The average molecular weight is 286 g/mol. The number of rotatable bonds is 7. The van der Waals surface area contributed by atoms with Crippen molar-refractivity contribution in [2.24, 2.45) is 7.05 Å². The van der Waals surface area contributed by atoms with E-state index in [0.717, 1.165) is 5.82 Å². The van der Waals surface area contributed by atoms with E-state index in [-0.39, 0.29) is 6.61 Å². The van der Waals surface area contributed by atoms with E-state index in [4.69, 9.17) is 10.00 Å². The van der Waals surface area contributed by atoms with Crippen LogP contribution >= 0.6 is 0 Å². The van der Waals surface area contributed by atoms with Crippen molar-refractivity contribution in [3.8, 4) is 11.8 Å². The summed E-state index contributed by atoms with van der Waals surface area (Å²) in [5, 5.41) is 21.8. The minimum atomic E-state index is -0.629. The monoisotopic (exact) mass is 286 g/mol. The molecule has 0 saturated heterocycles. The van der Waals surface area contributed by atoms with Crippen LogP contribution in [0.1, 0.15) is 11.4 Å². The zero-order valence-corrected chi connectivity index (χ0v) is 11.9. The highest BCUT2D eigenvalue weighted by Crippen LogP contribution is 2.12. The van der Waals surface area contributed by atoms with Gasteiger partial charge in [0.25, 0.3) is 0 Å². The molecule has 1 heterocycles. The number of hydrogen-bond acceptors (Lipinski definition) is 5. The molecule has 21 heavy (non-hydrogen) atoms. The summed E-state index contributed by atoms with van der Waals surface area (Å²) >= 11 is 0. The van der Waals surface area contributed by atoms with Crippen molar-refractivity contribution >= 4 is 0 Å². The predicted octanol–water partition coefficient (Wildman–Crippen LogP) is 0.821. The standard InChI is InChI=1S/C15H18N4O2/c1-19-6-5-18-15(19)10-17-9-13(20)11-21-14-4-2-3-12(7-14)8-16/h2-7,13,17,20H,9-11H2,1H3. The van der Waals surface area contributed by atoms with Gasteiger partial charge in [-0.2, -0.15) is 5.26 Å². The molecule has 0 aliphatic rings. The number of hydrogen-bond donors (Lipinski definition) is 2. The molecule has 0 radical (unpaired) electrons. The molecule has 2 rings (SSSR count). The number of aromatic nitrogens is 2. The maximum atomic E-state index is 9.86. The molecule has 0 spiro atoms. The Morgan fingerprint density at radius 1 is 1.52 bits per heavy atom. The fraction of sp³-hybridized carbons (Fsp3) is 0.333. The molecule has 1 unspecified atom stereocenters. The molecule has 1 atom stereocenters. The van der Waals surface area contributed by atoms with E-state index in [1.165, 1.54) is 0 Å². The molecule has 110 valence electrons. The molecule has 2 aromatic rings. The molecule has 0 bridgehead atoms. The third-order valence-corrected chi connectivity index (χ3v) is 2.99. The van der Waals surface area contributed by atoms with Gasteiger partial charge in [-0.1, -0.05) is 6.07 Å². The van der Waals surface area contributed by atoms with Gasteiger partial charge in [-0.15, -0.1) is 0 Å². The fourth-order valence-corrected chi connectivity index (χ4v) is 1.82. The highest BCUT2D eigenvalue weighted by atomic mass is 16.5. The molecular formula is C15H18N4O2. The van der Waals surface area contributed by atoms with Crippen molar-refractivity contribution in [3.63, 3.8) is 0 Å². The molecule has 0 saturated carbocycles. The number of benzene rings is 1. The van der Waals surface area contributed by atoms with Gasteiger partial charge in [0.15, 0.2) is 0 Å². The van der Waals surface area contributed by atoms with Crippen molar-refractivity contribution in [2.75, 3.05) is 13.2 Å². The summed E-state index contributed by atoms with van der Waals surface area (Å²) in [7, 11) is 1.92. The van der Waals surface area contributed by atoms with Gasteiger partial charge in [0.05, 0.1) is 18.2 Å². The van der Waals surface area contributed by atoms with Crippen LogP contribution in [0.15, 0.2) is 36.7 Å². The topological polar surface area (TPSA) is 83.1 Å². The van der Waals surface area contributed by atoms with E-state index in [1.807, 2.05) is 23.9 Å². The van der Waals surface area contributed by atoms with E-state index >= 15 is 0 Å². The maximum absolute atomic E-state index is 9.86. The van der Waals surface area contributed by atoms with E-state index in [2.05, 4.69) is 10.3 Å². The predicted molar refractivity (Wildman–Crippen MR) is 77.6 cm³/mol. The Hall–Kier alpha value is -2.36. The first kappa shape index (κ1) is 15.0. The first-order valence-electron chi connectivity index (χ1n) is 6.67. The average Bonchev–Trinajstić information content (AvgIpc) is 2.91. The van der Waals surface area contributed by atoms with E-state index in [9.17, 15) is 5.11 Å². The first-order valence-corrected chi connectivity index (χ1v) is 6.67. The second-order valence-corrected chi connectivity index (χ2v) is 4.69. The van der Waals surface area contributed by atoms with Crippen LogP contribution in [0.25, 0.3) is 0 Å². The smallest absolute Gasteiger partial charge is 0.122 e. The lowest BCUT2D eigenvalue weighted by Crippen LogP contribution is -2.31. The fourth-order valence-electron chi connectivity index (χ4n) is 1.82. The van der Waals surface area contributed by atoms with Gasteiger partial charge in [0.2, 0.25) is 0 Å². The molecule has 6 nitrogen and oxygen atoms in total. The lowest BCUT2D eigenvalue weighted by Gasteiger charge is -2.13. The number of nitriles is 1. The van der Waals surface area contributed by atoms with Gasteiger partial charge in [-0.25, -0.2) is 4.98 Å². The number of aliphatic hydroxyl groups is 1. The van der Waals surface area contributed by atoms with Gasteiger partial charge in [0.1, 0.15) is 24.3 Å². The number of aliphatic hydroxyl groups excluding tert-OH is 1. The van der Waals surface area contributed by atoms with Gasteiger partial charge in [-0.05, 0) is 18.2 Å². The van der Waals surface area contributed by atoms with Crippen molar-refractivity contribution in [1.82, 2.24) is 14.9 Å².